The fourth-order valence-corrected chi connectivity index (χ4v) is 3.39. The summed E-state index contributed by atoms with van der Waals surface area (Å²) in [6.07, 6.45) is 2.03. The fourth-order valence-electron chi connectivity index (χ4n) is 3.39. The molecule has 1 saturated heterocycles. The van der Waals surface area contributed by atoms with E-state index in [1.54, 1.807) is 41.2 Å². The highest BCUT2D eigenvalue weighted by molar-refractivity contribution is 6.20. The van der Waals surface area contributed by atoms with Gasteiger partial charge in [0.25, 0.3) is 5.91 Å². The molecule has 0 radical (unpaired) electrons. The molecule has 29 heavy (non-hydrogen) atoms. The van der Waals surface area contributed by atoms with Crippen LogP contribution in [0.1, 0.15) is 34.3 Å². The predicted octanol–water partition coefficient (Wildman–Crippen LogP) is 3.15. The fraction of sp³-hybridized carbons (Fsp3) is 0.182. The maximum Gasteiger partial charge on any atom is 0.256 e. The van der Waals surface area contributed by atoms with Crippen molar-refractivity contribution in [3.8, 4) is 0 Å². The number of benzene rings is 2. The molecule has 0 spiro atoms. The molecule has 146 valence electrons. The van der Waals surface area contributed by atoms with Crippen molar-refractivity contribution in [1.82, 2.24) is 9.78 Å². The molecule has 0 bridgehead atoms. The van der Waals surface area contributed by atoms with Crippen LogP contribution in [0.3, 0.4) is 0 Å². The van der Waals surface area contributed by atoms with E-state index in [0.717, 1.165) is 16.0 Å². The van der Waals surface area contributed by atoms with Crippen LogP contribution in [0.2, 0.25) is 0 Å². The van der Waals surface area contributed by atoms with E-state index in [-0.39, 0.29) is 30.6 Å². The molecular formula is C22H20N4O3. The van der Waals surface area contributed by atoms with E-state index >= 15 is 0 Å². The Morgan fingerprint density at radius 3 is 2.55 bits per heavy atom. The summed E-state index contributed by atoms with van der Waals surface area (Å²) in [6, 6.07) is 16.3. The molecule has 0 saturated carbocycles. The van der Waals surface area contributed by atoms with Gasteiger partial charge in [-0.3, -0.25) is 19.3 Å². The van der Waals surface area contributed by atoms with Gasteiger partial charge < -0.3 is 5.32 Å². The van der Waals surface area contributed by atoms with Crippen molar-refractivity contribution < 1.29 is 14.4 Å². The number of aromatic nitrogens is 2. The Bertz CT molecular complexity index is 1090. The summed E-state index contributed by atoms with van der Waals surface area (Å²) in [5.41, 5.74) is 3.01. The van der Waals surface area contributed by atoms with Gasteiger partial charge in [-0.25, -0.2) is 4.68 Å². The van der Waals surface area contributed by atoms with E-state index in [1.165, 1.54) is 0 Å². The van der Waals surface area contributed by atoms with Gasteiger partial charge in [0, 0.05) is 24.5 Å². The number of hydrogen-bond donors (Lipinski definition) is 1. The number of nitrogens with zero attached hydrogens (tertiary/aromatic N) is 3. The molecule has 2 heterocycles. The third kappa shape index (κ3) is 3.94. The molecule has 3 amide bonds. The van der Waals surface area contributed by atoms with Gasteiger partial charge >= 0.3 is 0 Å². The number of anilines is 2. The van der Waals surface area contributed by atoms with Crippen molar-refractivity contribution in [3.63, 3.8) is 0 Å². The number of hydrogen-bond acceptors (Lipinski definition) is 4. The van der Waals surface area contributed by atoms with Crippen LogP contribution in [-0.2, 0) is 16.1 Å². The molecule has 0 unspecified atom stereocenters. The summed E-state index contributed by atoms with van der Waals surface area (Å²) in [5, 5.41) is 7.15. The average Bonchev–Trinajstić information content (AvgIpc) is 3.27. The SMILES string of the molecule is Cc1cccc(Cn2nccc2NC(=O)c2cccc(N3C(=O)CCC3=O)c2)c1. The van der Waals surface area contributed by atoms with Crippen molar-refractivity contribution >= 4 is 29.2 Å². The molecule has 3 aromatic rings. The van der Waals surface area contributed by atoms with Crippen LogP contribution in [0.15, 0.2) is 60.8 Å². The van der Waals surface area contributed by atoms with Crippen LogP contribution in [0.5, 0.6) is 0 Å². The second-order valence-corrected chi connectivity index (χ2v) is 6.99. The summed E-state index contributed by atoms with van der Waals surface area (Å²) in [6.45, 7) is 2.55. The van der Waals surface area contributed by atoms with Gasteiger partial charge in [-0.05, 0) is 30.7 Å². The zero-order chi connectivity index (χ0) is 20.4. The first kappa shape index (κ1) is 18.6. The number of rotatable bonds is 5. The van der Waals surface area contributed by atoms with Crippen molar-refractivity contribution in [1.29, 1.82) is 0 Å². The van der Waals surface area contributed by atoms with Gasteiger partial charge in [0.05, 0.1) is 18.4 Å². The van der Waals surface area contributed by atoms with E-state index in [1.807, 2.05) is 25.1 Å². The van der Waals surface area contributed by atoms with Gasteiger partial charge in [-0.15, -0.1) is 0 Å². The Hall–Kier alpha value is -3.74. The minimum absolute atomic E-state index is 0.202. The number of nitrogens with one attached hydrogen (secondary N) is 1. The Labute approximate surface area is 167 Å². The smallest absolute Gasteiger partial charge is 0.256 e. The van der Waals surface area contributed by atoms with E-state index in [0.29, 0.717) is 23.6 Å². The number of carbonyl (C=O) groups is 3. The molecule has 0 aliphatic carbocycles. The van der Waals surface area contributed by atoms with Gasteiger partial charge in [0.15, 0.2) is 0 Å². The van der Waals surface area contributed by atoms with Gasteiger partial charge in [0.2, 0.25) is 11.8 Å². The van der Waals surface area contributed by atoms with Crippen LogP contribution in [-0.4, -0.2) is 27.5 Å². The lowest BCUT2D eigenvalue weighted by Crippen LogP contribution is -2.28. The zero-order valence-corrected chi connectivity index (χ0v) is 16.0. The number of imide groups is 1. The molecule has 4 rings (SSSR count). The summed E-state index contributed by atoms with van der Waals surface area (Å²) < 4.78 is 1.71. The van der Waals surface area contributed by atoms with Gasteiger partial charge in [0.1, 0.15) is 5.82 Å². The quantitative estimate of drug-likeness (QED) is 0.681. The average molecular weight is 388 g/mol. The van der Waals surface area contributed by atoms with E-state index in [9.17, 15) is 14.4 Å². The van der Waals surface area contributed by atoms with Gasteiger partial charge in [-0.1, -0.05) is 35.9 Å². The topological polar surface area (TPSA) is 84.3 Å². The first-order valence-corrected chi connectivity index (χ1v) is 9.36. The maximum absolute atomic E-state index is 12.8. The van der Waals surface area contributed by atoms with Crippen molar-refractivity contribution in [2.75, 3.05) is 10.2 Å². The highest BCUT2D eigenvalue weighted by Gasteiger charge is 2.30. The van der Waals surface area contributed by atoms with Crippen molar-refractivity contribution in [2.45, 2.75) is 26.3 Å². The first-order chi connectivity index (χ1) is 14.0. The second-order valence-electron chi connectivity index (χ2n) is 6.99. The lowest BCUT2D eigenvalue weighted by Gasteiger charge is -2.15. The third-order valence-corrected chi connectivity index (χ3v) is 4.79. The van der Waals surface area contributed by atoms with E-state index < -0.39 is 0 Å². The Morgan fingerprint density at radius 2 is 1.79 bits per heavy atom. The highest BCUT2D eigenvalue weighted by Crippen LogP contribution is 2.24. The first-order valence-electron chi connectivity index (χ1n) is 9.36. The van der Waals surface area contributed by atoms with Crippen LogP contribution in [0.25, 0.3) is 0 Å². The van der Waals surface area contributed by atoms with E-state index in [4.69, 9.17) is 0 Å². The van der Waals surface area contributed by atoms with Crippen molar-refractivity contribution in [2.24, 2.45) is 0 Å². The van der Waals surface area contributed by atoms with Crippen LogP contribution in [0.4, 0.5) is 11.5 Å². The summed E-state index contributed by atoms with van der Waals surface area (Å²) in [7, 11) is 0. The largest absolute Gasteiger partial charge is 0.307 e. The molecule has 0 atom stereocenters. The second kappa shape index (κ2) is 7.71. The summed E-state index contributed by atoms with van der Waals surface area (Å²) >= 11 is 0. The molecule has 1 fully saturated rings. The molecule has 7 nitrogen and oxygen atoms in total. The summed E-state index contributed by atoms with van der Waals surface area (Å²) in [5.74, 6) is -0.264. The van der Waals surface area contributed by atoms with Gasteiger partial charge in [-0.2, -0.15) is 5.10 Å². The maximum atomic E-state index is 12.8. The predicted molar refractivity (Wildman–Crippen MR) is 109 cm³/mol. The standard InChI is InChI=1S/C22H20N4O3/c1-15-4-2-5-16(12-15)14-25-19(10-11-23-25)24-22(29)17-6-3-7-18(13-17)26-20(27)8-9-21(26)28/h2-7,10-13H,8-9,14H2,1H3,(H,24,29). The Kier molecular flexibility index (Phi) is 4.95. The highest BCUT2D eigenvalue weighted by atomic mass is 16.2. The molecule has 1 N–H and O–H groups in total. The lowest BCUT2D eigenvalue weighted by molar-refractivity contribution is -0.121. The molecule has 7 heteroatoms. The Balaban J connectivity index is 1.52. The third-order valence-electron chi connectivity index (χ3n) is 4.79. The number of carbonyl (C=O) groups excluding carboxylic acids is 3. The number of aryl methyl sites for hydroxylation is 1. The monoisotopic (exact) mass is 388 g/mol. The Morgan fingerprint density at radius 1 is 1.03 bits per heavy atom. The van der Waals surface area contributed by atoms with Crippen LogP contribution < -0.4 is 10.2 Å². The molecular weight excluding hydrogens is 368 g/mol. The lowest BCUT2D eigenvalue weighted by atomic mass is 10.1. The zero-order valence-electron chi connectivity index (χ0n) is 16.0. The molecule has 1 aliphatic heterocycles. The summed E-state index contributed by atoms with van der Waals surface area (Å²) in [4.78, 5) is 37.8. The molecule has 1 aliphatic rings. The van der Waals surface area contributed by atoms with Crippen LogP contribution in [0, 0.1) is 6.92 Å². The minimum Gasteiger partial charge on any atom is -0.307 e. The van der Waals surface area contributed by atoms with E-state index in [2.05, 4.69) is 16.5 Å². The molecule has 1 aromatic heterocycles. The number of amides is 3. The van der Waals surface area contributed by atoms with Crippen LogP contribution >= 0.6 is 0 Å². The van der Waals surface area contributed by atoms with Crippen molar-refractivity contribution in [3.05, 3.63) is 77.5 Å². The minimum atomic E-state index is -0.336. The molecule has 2 aromatic carbocycles. The normalized spacial score (nSPS) is 13.8.